The van der Waals surface area contributed by atoms with Crippen molar-refractivity contribution < 1.29 is 16.9 Å². The molecule has 0 radical (unpaired) electrons. The normalized spacial score (nSPS) is 11.5. The van der Waals surface area contributed by atoms with Gasteiger partial charge in [-0.3, -0.25) is 0 Å². The zero-order valence-corrected chi connectivity index (χ0v) is 22.8. The lowest BCUT2D eigenvalue weighted by atomic mass is 10.0. The molecule has 1 nitrogen and oxygen atoms in total. The number of hydrogen-bond acceptors (Lipinski definition) is 0. The van der Waals surface area contributed by atoms with Gasteiger partial charge in [-0.2, -0.15) is 0 Å². The monoisotopic (exact) mass is 465 g/mol. The van der Waals surface area contributed by atoms with Gasteiger partial charge in [-0.15, -0.1) is 0 Å². The number of unbranched alkanes of at least 4 members (excludes halogenated alkanes) is 18. The molecule has 0 saturated heterocycles. The van der Waals surface area contributed by atoms with Crippen molar-refractivity contribution in [1.29, 1.82) is 0 Å². The maximum absolute atomic E-state index is 2.38. The molecule has 0 aliphatic heterocycles. The summed E-state index contributed by atoms with van der Waals surface area (Å²) >= 11 is 0. The molecule has 32 heavy (non-hydrogen) atoms. The van der Waals surface area contributed by atoms with Gasteiger partial charge < -0.3 is 16.9 Å². The smallest absolute Gasteiger partial charge is 0.104 e. The highest BCUT2D eigenvalue weighted by atomic mass is 35.5. The molecule has 1 rings (SSSR count). The molecule has 0 N–H and O–H groups in total. The molecule has 1 aromatic rings. The number of nitrogens with zero attached hydrogens (tertiary/aromatic N) is 1. The summed E-state index contributed by atoms with van der Waals surface area (Å²) in [4.78, 5) is 0. The zero-order chi connectivity index (χ0) is 22.5. The van der Waals surface area contributed by atoms with E-state index in [9.17, 15) is 0 Å². The second-order valence-electron chi connectivity index (χ2n) is 10.7. The van der Waals surface area contributed by atoms with Crippen molar-refractivity contribution in [3.8, 4) is 0 Å². The summed E-state index contributed by atoms with van der Waals surface area (Å²) in [5.74, 6) is 0. The first-order valence-corrected chi connectivity index (χ1v) is 14.0. The van der Waals surface area contributed by atoms with Crippen LogP contribution < -0.4 is 12.4 Å². The quantitative estimate of drug-likeness (QED) is 0.132. The van der Waals surface area contributed by atoms with Crippen LogP contribution in [-0.4, -0.2) is 25.1 Å². The van der Waals surface area contributed by atoms with Gasteiger partial charge in [-0.25, -0.2) is 0 Å². The van der Waals surface area contributed by atoms with Crippen molar-refractivity contribution in [2.24, 2.45) is 0 Å². The second-order valence-corrected chi connectivity index (χ2v) is 10.7. The summed E-state index contributed by atoms with van der Waals surface area (Å²) in [5.41, 5.74) is 1.46. The van der Waals surface area contributed by atoms with Crippen LogP contribution in [0, 0.1) is 0 Å². The van der Waals surface area contributed by atoms with Gasteiger partial charge in [0.2, 0.25) is 0 Å². The van der Waals surface area contributed by atoms with Crippen LogP contribution in [0.5, 0.6) is 0 Å². The number of halogens is 1. The van der Waals surface area contributed by atoms with Crippen molar-refractivity contribution >= 4 is 0 Å². The molecule has 0 spiro atoms. The summed E-state index contributed by atoms with van der Waals surface area (Å²) in [5, 5.41) is 0. The van der Waals surface area contributed by atoms with Crippen LogP contribution >= 0.6 is 0 Å². The number of hydrogen-bond donors (Lipinski definition) is 0. The van der Waals surface area contributed by atoms with Crippen LogP contribution in [0.4, 0.5) is 0 Å². The van der Waals surface area contributed by atoms with Crippen molar-refractivity contribution in [2.75, 3.05) is 20.6 Å². The molecular formula is C30H56ClN. The Bertz CT molecular complexity index is 485. The fourth-order valence-electron chi connectivity index (χ4n) is 4.77. The zero-order valence-electron chi connectivity index (χ0n) is 22.1. The minimum atomic E-state index is 0. The fraction of sp³-hybridized carbons (Fsp3) is 0.800. The van der Waals surface area contributed by atoms with E-state index in [0.29, 0.717) is 0 Å². The molecule has 0 unspecified atom stereocenters. The Morgan fingerprint density at radius 3 is 1.22 bits per heavy atom. The molecule has 1 aromatic carbocycles. The number of benzene rings is 1. The van der Waals surface area contributed by atoms with Gasteiger partial charge in [-0.05, 0) is 12.8 Å². The molecule has 0 atom stereocenters. The van der Waals surface area contributed by atoms with E-state index >= 15 is 0 Å². The summed E-state index contributed by atoms with van der Waals surface area (Å²) < 4.78 is 1.11. The Balaban J connectivity index is 0.00000961. The van der Waals surface area contributed by atoms with E-state index < -0.39 is 0 Å². The highest BCUT2D eigenvalue weighted by Crippen LogP contribution is 2.15. The number of quaternary nitrogens is 1. The third-order valence-electron chi connectivity index (χ3n) is 6.82. The predicted molar refractivity (Wildman–Crippen MR) is 141 cm³/mol. The van der Waals surface area contributed by atoms with E-state index in [0.717, 1.165) is 11.0 Å². The third kappa shape index (κ3) is 20.1. The summed E-state index contributed by atoms with van der Waals surface area (Å²) in [6, 6.07) is 11.0. The molecule has 0 saturated carbocycles. The molecule has 2 heteroatoms. The molecule has 0 fully saturated rings. The first kappa shape index (κ1) is 31.5. The maximum Gasteiger partial charge on any atom is 0.104 e. The van der Waals surface area contributed by atoms with Crippen molar-refractivity contribution in [3.05, 3.63) is 35.9 Å². The SMILES string of the molecule is CCCCCCCCCCCCCCCCCCCCC[N+](C)(C)Cc1ccccc1.[Cl-]. The minimum Gasteiger partial charge on any atom is -1.00 e. The van der Waals surface area contributed by atoms with Crippen LogP contribution in [-0.2, 0) is 6.54 Å². The fourth-order valence-corrected chi connectivity index (χ4v) is 4.77. The van der Waals surface area contributed by atoms with Crippen LogP contribution in [0.1, 0.15) is 134 Å². The van der Waals surface area contributed by atoms with Gasteiger partial charge in [0, 0.05) is 5.56 Å². The Morgan fingerprint density at radius 1 is 0.500 bits per heavy atom. The van der Waals surface area contributed by atoms with Crippen LogP contribution in [0.2, 0.25) is 0 Å². The van der Waals surface area contributed by atoms with Gasteiger partial charge in [0.1, 0.15) is 6.54 Å². The van der Waals surface area contributed by atoms with Crippen molar-refractivity contribution in [3.63, 3.8) is 0 Å². The van der Waals surface area contributed by atoms with Crippen LogP contribution in [0.15, 0.2) is 30.3 Å². The van der Waals surface area contributed by atoms with E-state index in [2.05, 4.69) is 51.4 Å². The Hall–Kier alpha value is -0.530. The molecule has 0 aliphatic rings. The molecule has 0 aliphatic carbocycles. The largest absolute Gasteiger partial charge is 1.00 e. The lowest BCUT2D eigenvalue weighted by Crippen LogP contribution is -3.00. The molecule has 0 aromatic heterocycles. The first-order chi connectivity index (χ1) is 15.1. The van der Waals surface area contributed by atoms with Gasteiger partial charge in [0.15, 0.2) is 0 Å². The summed E-state index contributed by atoms with van der Waals surface area (Å²) in [6.07, 6.45) is 27.6. The van der Waals surface area contributed by atoms with E-state index in [1.807, 2.05) is 0 Å². The lowest BCUT2D eigenvalue weighted by molar-refractivity contribution is -0.903. The van der Waals surface area contributed by atoms with E-state index in [1.54, 1.807) is 0 Å². The van der Waals surface area contributed by atoms with Gasteiger partial charge in [0.05, 0.1) is 20.6 Å². The van der Waals surface area contributed by atoms with E-state index in [-0.39, 0.29) is 12.4 Å². The first-order valence-electron chi connectivity index (χ1n) is 14.0. The predicted octanol–water partition coefficient (Wildman–Crippen LogP) is 6.70. The van der Waals surface area contributed by atoms with Gasteiger partial charge >= 0.3 is 0 Å². The average Bonchev–Trinajstić information content (AvgIpc) is 2.75. The highest BCUT2D eigenvalue weighted by molar-refractivity contribution is 5.13. The molecule has 0 amide bonds. The highest BCUT2D eigenvalue weighted by Gasteiger charge is 2.14. The summed E-state index contributed by atoms with van der Waals surface area (Å²) in [7, 11) is 4.75. The number of rotatable bonds is 22. The molecule has 0 heterocycles. The maximum atomic E-state index is 2.38. The van der Waals surface area contributed by atoms with Crippen LogP contribution in [0.25, 0.3) is 0 Å². The Morgan fingerprint density at radius 2 is 0.844 bits per heavy atom. The lowest BCUT2D eigenvalue weighted by Gasteiger charge is -2.30. The molecular weight excluding hydrogens is 410 g/mol. The van der Waals surface area contributed by atoms with Crippen molar-refractivity contribution in [2.45, 2.75) is 135 Å². The van der Waals surface area contributed by atoms with Gasteiger partial charge in [0.25, 0.3) is 0 Å². The summed E-state index contributed by atoms with van der Waals surface area (Å²) in [6.45, 7) is 4.75. The third-order valence-corrected chi connectivity index (χ3v) is 6.82. The standard InChI is InChI=1S/C30H56N.ClH/c1-4-5-6-7-8-9-10-11-12-13-14-15-16-17-18-19-20-21-25-28-31(2,3)29-30-26-23-22-24-27-30;/h22-24,26-27H,4-21,25,28-29H2,1-3H3;1H/q+1;/p-1. The molecule has 188 valence electrons. The second kappa shape index (κ2) is 22.3. The Kier molecular flexibility index (Phi) is 21.9. The van der Waals surface area contributed by atoms with E-state index in [1.165, 1.54) is 134 Å². The Labute approximate surface area is 208 Å². The topological polar surface area (TPSA) is 0 Å². The average molecular weight is 466 g/mol. The van der Waals surface area contributed by atoms with Crippen molar-refractivity contribution in [1.82, 2.24) is 0 Å². The van der Waals surface area contributed by atoms with Crippen LogP contribution in [0.3, 0.4) is 0 Å². The minimum absolute atomic E-state index is 0. The molecule has 0 bridgehead atoms. The van der Waals surface area contributed by atoms with Gasteiger partial charge in [-0.1, -0.05) is 146 Å². The van der Waals surface area contributed by atoms with E-state index in [4.69, 9.17) is 0 Å².